The van der Waals surface area contributed by atoms with Crippen LogP contribution in [0.25, 0.3) is 6.08 Å². The second-order valence-corrected chi connectivity index (χ2v) is 7.82. The maximum Gasteiger partial charge on any atom is 0.266 e. The van der Waals surface area contributed by atoms with Crippen molar-refractivity contribution < 1.29 is 14.3 Å². The Hall–Kier alpha value is -3.31. The van der Waals surface area contributed by atoms with Gasteiger partial charge in [-0.25, -0.2) is 0 Å². The first-order valence-corrected chi connectivity index (χ1v) is 10.8. The molecule has 0 saturated heterocycles. The first kappa shape index (κ1) is 22.4. The van der Waals surface area contributed by atoms with Crippen LogP contribution in [0.15, 0.2) is 78.4 Å². The molecule has 0 atom stereocenters. The van der Waals surface area contributed by atoms with E-state index in [0.717, 1.165) is 14.7 Å². The Labute approximate surface area is 195 Å². The fraction of sp³-hybridized carbons (Fsp3) is 0.120. The summed E-state index contributed by atoms with van der Waals surface area (Å²) in [5.41, 5.74) is 2.39. The van der Waals surface area contributed by atoms with Crippen LogP contribution in [0.2, 0.25) is 0 Å². The predicted octanol–water partition coefficient (Wildman–Crippen LogP) is 5.81. The fourth-order valence-corrected chi connectivity index (χ4v) is 3.47. The SMILES string of the molecule is CCOc1cc(I)cc(/C=C(\C#N)C(=O)Nc2ccc(OCc3ccccc3)cc2)c1. The zero-order chi connectivity index (χ0) is 22.1. The highest BCUT2D eigenvalue weighted by molar-refractivity contribution is 14.1. The summed E-state index contributed by atoms with van der Waals surface area (Å²) < 4.78 is 12.2. The van der Waals surface area contributed by atoms with Crippen molar-refractivity contribution >= 4 is 40.3 Å². The van der Waals surface area contributed by atoms with Crippen molar-refractivity contribution in [2.45, 2.75) is 13.5 Å². The summed E-state index contributed by atoms with van der Waals surface area (Å²) in [6.45, 7) is 2.91. The van der Waals surface area contributed by atoms with Gasteiger partial charge in [0.25, 0.3) is 5.91 Å². The molecule has 1 N–H and O–H groups in total. The Balaban J connectivity index is 1.65. The van der Waals surface area contributed by atoms with Gasteiger partial charge in [-0.1, -0.05) is 30.3 Å². The zero-order valence-electron chi connectivity index (χ0n) is 17.0. The van der Waals surface area contributed by atoms with Gasteiger partial charge in [0.2, 0.25) is 0 Å². The average Bonchev–Trinajstić information content (AvgIpc) is 2.77. The van der Waals surface area contributed by atoms with Gasteiger partial charge in [-0.05, 0) is 89.2 Å². The van der Waals surface area contributed by atoms with Crippen LogP contribution in [-0.4, -0.2) is 12.5 Å². The predicted molar refractivity (Wildman–Crippen MR) is 130 cm³/mol. The van der Waals surface area contributed by atoms with E-state index in [1.54, 1.807) is 36.4 Å². The van der Waals surface area contributed by atoms with Crippen LogP contribution in [0.5, 0.6) is 11.5 Å². The van der Waals surface area contributed by atoms with E-state index < -0.39 is 5.91 Å². The second kappa shape index (κ2) is 11.2. The van der Waals surface area contributed by atoms with Crippen LogP contribution in [0.1, 0.15) is 18.1 Å². The number of ether oxygens (including phenoxy) is 2. The number of hydrogen-bond donors (Lipinski definition) is 1. The first-order chi connectivity index (χ1) is 15.1. The van der Waals surface area contributed by atoms with Gasteiger partial charge >= 0.3 is 0 Å². The second-order valence-electron chi connectivity index (χ2n) is 6.58. The molecule has 6 heteroatoms. The molecule has 0 aliphatic heterocycles. The lowest BCUT2D eigenvalue weighted by Crippen LogP contribution is -2.13. The van der Waals surface area contributed by atoms with Crippen LogP contribution in [0.3, 0.4) is 0 Å². The molecule has 0 aliphatic rings. The number of halogens is 1. The molecule has 1 amide bonds. The number of nitriles is 1. The van der Waals surface area contributed by atoms with Crippen LogP contribution in [0.4, 0.5) is 5.69 Å². The molecule has 0 saturated carbocycles. The third-order valence-electron chi connectivity index (χ3n) is 4.24. The van der Waals surface area contributed by atoms with Gasteiger partial charge in [0.1, 0.15) is 29.7 Å². The summed E-state index contributed by atoms with van der Waals surface area (Å²) in [6, 6.07) is 24.5. The molecule has 156 valence electrons. The fourth-order valence-electron chi connectivity index (χ4n) is 2.81. The van der Waals surface area contributed by atoms with Gasteiger partial charge in [0.05, 0.1) is 6.61 Å². The third-order valence-corrected chi connectivity index (χ3v) is 4.86. The molecule has 0 fully saturated rings. The van der Waals surface area contributed by atoms with E-state index in [9.17, 15) is 10.1 Å². The highest BCUT2D eigenvalue weighted by Crippen LogP contribution is 2.22. The van der Waals surface area contributed by atoms with E-state index in [4.69, 9.17) is 9.47 Å². The van der Waals surface area contributed by atoms with E-state index in [0.29, 0.717) is 30.4 Å². The standard InChI is InChI=1S/C25H21IN2O3/c1-2-30-24-14-19(13-21(26)15-24)12-20(16-27)25(29)28-22-8-10-23(11-9-22)31-17-18-6-4-3-5-7-18/h3-15H,2,17H2,1H3,(H,28,29)/b20-12+. The topological polar surface area (TPSA) is 71.3 Å². The van der Waals surface area contributed by atoms with Crippen molar-refractivity contribution in [3.8, 4) is 17.6 Å². The maximum absolute atomic E-state index is 12.6. The lowest BCUT2D eigenvalue weighted by Gasteiger charge is -2.09. The molecular weight excluding hydrogens is 503 g/mol. The minimum absolute atomic E-state index is 0.00820. The smallest absolute Gasteiger partial charge is 0.266 e. The number of hydrogen-bond acceptors (Lipinski definition) is 4. The van der Waals surface area contributed by atoms with Crippen molar-refractivity contribution in [1.29, 1.82) is 5.26 Å². The molecule has 5 nitrogen and oxygen atoms in total. The number of carbonyl (C=O) groups is 1. The number of nitrogens with zero attached hydrogens (tertiary/aromatic N) is 1. The Bertz CT molecular complexity index is 1100. The lowest BCUT2D eigenvalue weighted by molar-refractivity contribution is -0.112. The van der Waals surface area contributed by atoms with E-state index >= 15 is 0 Å². The highest BCUT2D eigenvalue weighted by atomic mass is 127. The minimum Gasteiger partial charge on any atom is -0.494 e. The molecule has 0 aromatic heterocycles. The van der Waals surface area contributed by atoms with Crippen molar-refractivity contribution in [2.24, 2.45) is 0 Å². The molecule has 0 spiro atoms. The molecule has 0 unspecified atom stereocenters. The summed E-state index contributed by atoms with van der Waals surface area (Å²) in [4.78, 5) is 12.6. The summed E-state index contributed by atoms with van der Waals surface area (Å²) in [6.07, 6.45) is 1.55. The van der Waals surface area contributed by atoms with Gasteiger partial charge in [0, 0.05) is 9.26 Å². The van der Waals surface area contributed by atoms with Crippen LogP contribution >= 0.6 is 22.6 Å². The Kier molecular flexibility index (Phi) is 8.07. The summed E-state index contributed by atoms with van der Waals surface area (Å²) in [5.74, 6) is 0.918. The average molecular weight is 524 g/mol. The minimum atomic E-state index is -0.475. The molecule has 0 radical (unpaired) electrons. The number of anilines is 1. The maximum atomic E-state index is 12.6. The third kappa shape index (κ3) is 6.86. The molecule has 3 aromatic rings. The van der Waals surface area contributed by atoms with Crippen LogP contribution < -0.4 is 14.8 Å². The molecular formula is C25H21IN2O3. The summed E-state index contributed by atoms with van der Waals surface area (Å²) >= 11 is 2.17. The van der Waals surface area contributed by atoms with Crippen LogP contribution in [-0.2, 0) is 11.4 Å². The van der Waals surface area contributed by atoms with Gasteiger partial charge in [-0.15, -0.1) is 0 Å². The molecule has 31 heavy (non-hydrogen) atoms. The quantitative estimate of drug-likeness (QED) is 0.229. The van der Waals surface area contributed by atoms with E-state index in [1.165, 1.54) is 0 Å². The number of benzene rings is 3. The number of nitrogens with one attached hydrogen (secondary N) is 1. The molecule has 3 rings (SSSR count). The first-order valence-electron chi connectivity index (χ1n) is 9.70. The summed E-state index contributed by atoms with van der Waals surface area (Å²) in [5, 5.41) is 12.2. The largest absolute Gasteiger partial charge is 0.494 e. The van der Waals surface area contributed by atoms with Crippen molar-refractivity contribution in [3.63, 3.8) is 0 Å². The van der Waals surface area contributed by atoms with Gasteiger partial charge in [0.15, 0.2) is 0 Å². The molecule has 3 aromatic carbocycles. The van der Waals surface area contributed by atoms with E-state index in [-0.39, 0.29) is 5.57 Å². The van der Waals surface area contributed by atoms with Gasteiger partial charge in [-0.3, -0.25) is 4.79 Å². The van der Waals surface area contributed by atoms with Gasteiger partial charge in [-0.2, -0.15) is 5.26 Å². The highest BCUT2D eigenvalue weighted by Gasteiger charge is 2.10. The normalized spacial score (nSPS) is 10.8. The van der Waals surface area contributed by atoms with Crippen molar-refractivity contribution in [2.75, 3.05) is 11.9 Å². The van der Waals surface area contributed by atoms with Crippen molar-refractivity contribution in [1.82, 2.24) is 0 Å². The molecule has 0 bridgehead atoms. The Morgan fingerprint density at radius 3 is 2.45 bits per heavy atom. The number of rotatable bonds is 8. The Morgan fingerprint density at radius 1 is 1.03 bits per heavy atom. The molecule has 0 aliphatic carbocycles. The van der Waals surface area contributed by atoms with Crippen molar-refractivity contribution in [3.05, 3.63) is 93.1 Å². The number of amides is 1. The Morgan fingerprint density at radius 2 is 1.77 bits per heavy atom. The lowest BCUT2D eigenvalue weighted by atomic mass is 10.1. The molecule has 0 heterocycles. The summed E-state index contributed by atoms with van der Waals surface area (Å²) in [7, 11) is 0. The van der Waals surface area contributed by atoms with E-state index in [1.807, 2.05) is 55.5 Å². The zero-order valence-corrected chi connectivity index (χ0v) is 19.1. The van der Waals surface area contributed by atoms with Crippen LogP contribution in [0, 0.1) is 14.9 Å². The van der Waals surface area contributed by atoms with E-state index in [2.05, 4.69) is 27.9 Å². The number of carbonyl (C=O) groups excluding carboxylic acids is 1. The van der Waals surface area contributed by atoms with Gasteiger partial charge < -0.3 is 14.8 Å². The monoisotopic (exact) mass is 524 g/mol.